The first-order valence-electron chi connectivity index (χ1n) is 11.6. The molecule has 1 aromatic heterocycles. The Kier molecular flexibility index (Phi) is 7.83. The van der Waals surface area contributed by atoms with Crippen LogP contribution in [0.5, 0.6) is 11.5 Å². The van der Waals surface area contributed by atoms with Gasteiger partial charge in [0.1, 0.15) is 5.75 Å². The van der Waals surface area contributed by atoms with Gasteiger partial charge in [0.15, 0.2) is 4.80 Å². The number of carbonyl (C=O) groups is 1. The predicted molar refractivity (Wildman–Crippen MR) is 145 cm³/mol. The predicted octanol–water partition coefficient (Wildman–Crippen LogP) is 3.96. The summed E-state index contributed by atoms with van der Waals surface area (Å²) < 4.78 is 12.8. The molecule has 38 heavy (non-hydrogen) atoms. The SMILES string of the molecule is CCOc1ccc([C@H]2C(C(=O)OC(C)C)=C(C)N=c3s/c(=C/c4cc(Br)c(O)c([N+](=O)[O-])c4)c(=O)n32)cc1. The molecule has 0 aliphatic carbocycles. The van der Waals surface area contributed by atoms with E-state index in [9.17, 15) is 24.8 Å². The molecular weight excluding hydrogens is 578 g/mol. The minimum Gasteiger partial charge on any atom is -0.501 e. The van der Waals surface area contributed by atoms with E-state index in [1.165, 1.54) is 22.8 Å². The van der Waals surface area contributed by atoms with Crippen molar-refractivity contribution < 1.29 is 24.3 Å². The molecule has 198 valence electrons. The number of hydrogen-bond acceptors (Lipinski definition) is 9. The van der Waals surface area contributed by atoms with Gasteiger partial charge in [-0.05, 0) is 79.0 Å². The fourth-order valence-electron chi connectivity index (χ4n) is 4.07. The number of nitrogens with zero attached hydrogens (tertiary/aromatic N) is 3. The number of nitro benzene ring substituents is 1. The second-order valence-electron chi connectivity index (χ2n) is 8.67. The Hall–Kier alpha value is -3.77. The molecule has 0 fully saturated rings. The number of fused-ring (bicyclic) bond motifs is 1. The third kappa shape index (κ3) is 5.27. The van der Waals surface area contributed by atoms with Crippen LogP contribution >= 0.6 is 27.3 Å². The van der Waals surface area contributed by atoms with Gasteiger partial charge in [0.25, 0.3) is 5.56 Å². The summed E-state index contributed by atoms with van der Waals surface area (Å²) >= 11 is 4.21. The monoisotopic (exact) mass is 601 g/mol. The van der Waals surface area contributed by atoms with E-state index in [2.05, 4.69) is 20.9 Å². The number of aromatic nitrogens is 1. The Balaban J connectivity index is 1.93. The van der Waals surface area contributed by atoms with Crippen LogP contribution in [0.4, 0.5) is 5.69 Å². The summed E-state index contributed by atoms with van der Waals surface area (Å²) in [6, 6.07) is 8.95. The van der Waals surface area contributed by atoms with Crippen molar-refractivity contribution in [3.8, 4) is 11.5 Å². The second-order valence-corrected chi connectivity index (χ2v) is 10.5. The summed E-state index contributed by atoms with van der Waals surface area (Å²) in [6.07, 6.45) is 1.11. The molecule has 0 radical (unpaired) electrons. The zero-order valence-corrected chi connectivity index (χ0v) is 23.3. The fraction of sp³-hybridized carbons (Fsp3) is 0.269. The molecule has 1 N–H and O–H groups in total. The summed E-state index contributed by atoms with van der Waals surface area (Å²) in [6.45, 7) is 7.54. The molecule has 2 aromatic carbocycles. The number of allylic oxidation sites excluding steroid dienone is 1. The smallest absolute Gasteiger partial charge is 0.338 e. The molecule has 3 aromatic rings. The van der Waals surface area contributed by atoms with E-state index < -0.39 is 33.9 Å². The van der Waals surface area contributed by atoms with Gasteiger partial charge in [-0.2, -0.15) is 0 Å². The van der Waals surface area contributed by atoms with Crippen molar-refractivity contribution in [3.63, 3.8) is 0 Å². The number of nitro groups is 1. The summed E-state index contributed by atoms with van der Waals surface area (Å²) in [5.41, 5.74) is 0.728. The highest BCUT2D eigenvalue weighted by molar-refractivity contribution is 9.10. The normalized spacial score (nSPS) is 15.3. The lowest BCUT2D eigenvalue weighted by molar-refractivity contribution is -0.386. The van der Waals surface area contributed by atoms with E-state index in [-0.39, 0.29) is 20.7 Å². The zero-order valence-electron chi connectivity index (χ0n) is 20.9. The lowest BCUT2D eigenvalue weighted by atomic mass is 9.96. The number of carbonyl (C=O) groups excluding carboxylic acids is 1. The van der Waals surface area contributed by atoms with Crippen LogP contribution in [0.15, 0.2) is 61.9 Å². The maximum absolute atomic E-state index is 13.7. The van der Waals surface area contributed by atoms with Crippen LogP contribution in [0.25, 0.3) is 6.08 Å². The van der Waals surface area contributed by atoms with E-state index in [0.717, 1.165) is 11.3 Å². The molecular formula is C26H24BrN3O7S. The summed E-state index contributed by atoms with van der Waals surface area (Å²) in [5, 5.41) is 21.3. The Morgan fingerprint density at radius 2 is 2.00 bits per heavy atom. The molecule has 1 aliphatic rings. The van der Waals surface area contributed by atoms with Crippen LogP contribution in [0.3, 0.4) is 0 Å². The van der Waals surface area contributed by atoms with Gasteiger partial charge >= 0.3 is 11.7 Å². The third-order valence-corrected chi connectivity index (χ3v) is 7.24. The average Bonchev–Trinajstić information content (AvgIpc) is 3.14. The molecule has 2 heterocycles. The van der Waals surface area contributed by atoms with Crippen molar-refractivity contribution in [1.82, 2.24) is 4.57 Å². The molecule has 0 amide bonds. The zero-order chi connectivity index (χ0) is 27.7. The van der Waals surface area contributed by atoms with Crippen LogP contribution in [0.1, 0.15) is 44.9 Å². The minimum absolute atomic E-state index is 0.118. The van der Waals surface area contributed by atoms with E-state index in [0.29, 0.717) is 34.0 Å². The van der Waals surface area contributed by atoms with Gasteiger partial charge in [-0.15, -0.1) is 0 Å². The number of rotatable bonds is 7. The van der Waals surface area contributed by atoms with Crippen molar-refractivity contribution in [3.05, 3.63) is 93.1 Å². The topological polar surface area (TPSA) is 133 Å². The van der Waals surface area contributed by atoms with Gasteiger partial charge < -0.3 is 14.6 Å². The first-order valence-corrected chi connectivity index (χ1v) is 13.3. The van der Waals surface area contributed by atoms with Gasteiger partial charge in [-0.3, -0.25) is 19.5 Å². The highest BCUT2D eigenvalue weighted by Gasteiger charge is 2.34. The Bertz CT molecular complexity index is 1640. The van der Waals surface area contributed by atoms with Gasteiger partial charge in [0.2, 0.25) is 5.75 Å². The molecule has 0 bridgehead atoms. The summed E-state index contributed by atoms with van der Waals surface area (Å²) in [4.78, 5) is 42.5. The fourth-order valence-corrected chi connectivity index (χ4v) is 5.58. The maximum atomic E-state index is 13.7. The quantitative estimate of drug-likeness (QED) is 0.246. The van der Waals surface area contributed by atoms with Crippen LogP contribution in [-0.2, 0) is 9.53 Å². The highest BCUT2D eigenvalue weighted by atomic mass is 79.9. The lowest BCUT2D eigenvalue weighted by Crippen LogP contribution is -2.40. The van der Waals surface area contributed by atoms with E-state index >= 15 is 0 Å². The van der Waals surface area contributed by atoms with Gasteiger partial charge in [-0.1, -0.05) is 23.5 Å². The molecule has 12 heteroatoms. The largest absolute Gasteiger partial charge is 0.501 e. The van der Waals surface area contributed by atoms with Crippen molar-refractivity contribution in [1.29, 1.82) is 0 Å². The Morgan fingerprint density at radius 1 is 1.32 bits per heavy atom. The standard InChI is InChI=1S/C26H24BrN3O7S/c1-5-36-17-8-6-16(7-9-17)22-21(25(33)37-13(2)3)14(4)28-26-29(22)24(32)20(38-26)12-15-10-18(27)23(31)19(11-15)30(34)35/h6-13,22,31H,5H2,1-4H3/b20-12+/t22-/m0/s1. The summed E-state index contributed by atoms with van der Waals surface area (Å²) in [5.74, 6) is -0.435. The lowest BCUT2D eigenvalue weighted by Gasteiger charge is -2.25. The molecule has 1 atom stereocenters. The van der Waals surface area contributed by atoms with E-state index in [4.69, 9.17) is 9.47 Å². The number of aromatic hydroxyl groups is 1. The van der Waals surface area contributed by atoms with Crippen LogP contribution in [-0.4, -0.2) is 33.3 Å². The number of halogens is 1. The summed E-state index contributed by atoms with van der Waals surface area (Å²) in [7, 11) is 0. The number of esters is 1. The van der Waals surface area contributed by atoms with E-state index in [1.54, 1.807) is 45.0 Å². The van der Waals surface area contributed by atoms with Crippen LogP contribution in [0, 0.1) is 10.1 Å². The number of thiazole rings is 1. The highest BCUT2D eigenvalue weighted by Crippen LogP contribution is 2.35. The second kappa shape index (κ2) is 10.9. The van der Waals surface area contributed by atoms with Crippen molar-refractivity contribution in [2.45, 2.75) is 39.8 Å². The van der Waals surface area contributed by atoms with Gasteiger partial charge in [0.05, 0.1) is 44.0 Å². The molecule has 10 nitrogen and oxygen atoms in total. The first kappa shape index (κ1) is 27.3. The molecule has 0 unspecified atom stereocenters. The number of phenols is 1. The van der Waals surface area contributed by atoms with Crippen molar-refractivity contribution in [2.24, 2.45) is 4.99 Å². The van der Waals surface area contributed by atoms with Crippen LogP contribution in [0.2, 0.25) is 0 Å². The Labute approximate surface area is 229 Å². The number of benzene rings is 2. The van der Waals surface area contributed by atoms with E-state index in [1.807, 2.05) is 6.92 Å². The number of hydrogen-bond donors (Lipinski definition) is 1. The maximum Gasteiger partial charge on any atom is 0.338 e. The third-order valence-electron chi connectivity index (χ3n) is 5.65. The van der Waals surface area contributed by atoms with Crippen molar-refractivity contribution in [2.75, 3.05) is 6.61 Å². The van der Waals surface area contributed by atoms with Crippen molar-refractivity contribution >= 4 is 45.0 Å². The molecule has 0 spiro atoms. The molecule has 0 saturated carbocycles. The Morgan fingerprint density at radius 3 is 2.61 bits per heavy atom. The molecule has 0 saturated heterocycles. The first-order chi connectivity index (χ1) is 18.0. The van der Waals surface area contributed by atoms with Gasteiger partial charge in [-0.25, -0.2) is 9.79 Å². The minimum atomic E-state index is -0.809. The number of ether oxygens (including phenoxy) is 2. The van der Waals surface area contributed by atoms with Crippen LogP contribution < -0.4 is 19.6 Å². The molecule has 1 aliphatic heterocycles. The average molecular weight is 602 g/mol. The van der Waals surface area contributed by atoms with Gasteiger partial charge in [0, 0.05) is 6.07 Å². The molecule has 4 rings (SSSR count). The number of phenolic OH excluding ortho intramolecular Hbond substituents is 1.